The Morgan fingerprint density at radius 3 is 2.70 bits per heavy atom. The predicted octanol–water partition coefficient (Wildman–Crippen LogP) is 3.35. The zero-order valence-electron chi connectivity index (χ0n) is 16.0. The van der Waals surface area contributed by atoms with Gasteiger partial charge in [0, 0.05) is 35.9 Å². The second-order valence-electron chi connectivity index (χ2n) is 6.19. The molecule has 0 saturated carbocycles. The molecule has 4 aromatic rings. The lowest BCUT2D eigenvalue weighted by Gasteiger charge is -2.05. The second-order valence-corrected chi connectivity index (χ2v) is 6.19. The molecule has 0 bridgehead atoms. The van der Waals surface area contributed by atoms with Crippen molar-refractivity contribution < 1.29 is 18.8 Å². The largest absolute Gasteiger partial charge is 0.461 e. The number of rotatable bonds is 6. The molecule has 0 aliphatic heterocycles. The maximum absolute atomic E-state index is 12.4. The quantitative estimate of drug-likeness (QED) is 0.491. The summed E-state index contributed by atoms with van der Waals surface area (Å²) in [5.74, 6) is -0.414. The Morgan fingerprint density at radius 1 is 1.13 bits per heavy atom. The number of esters is 1. The lowest BCUT2D eigenvalue weighted by Crippen LogP contribution is -2.12. The number of carbonyl (C=O) groups excluding carboxylic acids is 2. The number of ether oxygens (including phenoxy) is 1. The van der Waals surface area contributed by atoms with Gasteiger partial charge in [0.25, 0.3) is 5.91 Å². The summed E-state index contributed by atoms with van der Waals surface area (Å²) < 4.78 is 11.7. The van der Waals surface area contributed by atoms with Crippen molar-refractivity contribution in [1.29, 1.82) is 0 Å². The predicted molar refractivity (Wildman–Crippen MR) is 107 cm³/mol. The minimum Gasteiger partial charge on any atom is -0.461 e. The maximum Gasteiger partial charge on any atom is 0.358 e. The molecule has 3 aromatic heterocycles. The van der Waals surface area contributed by atoms with E-state index in [1.54, 1.807) is 72.7 Å². The first-order chi connectivity index (χ1) is 14.6. The highest BCUT2D eigenvalue weighted by atomic mass is 16.5. The smallest absolute Gasteiger partial charge is 0.358 e. The Hall–Kier alpha value is -4.27. The van der Waals surface area contributed by atoms with E-state index in [0.29, 0.717) is 11.4 Å². The Balaban J connectivity index is 1.43. The topological polar surface area (TPSA) is 112 Å². The fourth-order valence-corrected chi connectivity index (χ4v) is 2.70. The maximum atomic E-state index is 12.4. The standard InChI is InChI=1S/C21H17N5O4/c1-2-29-21(28)17-9-11-26(24-17)16-7-5-15(6-8-16)23-20(27)18-12-19(30-25-18)14-4-3-10-22-13-14/h3-13H,2H2,1H3,(H,23,27). The molecular formula is C21H17N5O4. The zero-order chi connectivity index (χ0) is 20.9. The van der Waals surface area contributed by atoms with Crippen LogP contribution in [0, 0.1) is 0 Å². The molecule has 0 unspecified atom stereocenters. The Morgan fingerprint density at radius 2 is 1.97 bits per heavy atom. The van der Waals surface area contributed by atoms with Crippen LogP contribution in [0.15, 0.2) is 71.6 Å². The molecule has 30 heavy (non-hydrogen) atoms. The Labute approximate surface area is 171 Å². The van der Waals surface area contributed by atoms with Crippen molar-refractivity contribution in [3.05, 3.63) is 78.5 Å². The van der Waals surface area contributed by atoms with Crippen molar-refractivity contribution >= 4 is 17.6 Å². The number of carbonyl (C=O) groups is 2. The number of benzene rings is 1. The van der Waals surface area contributed by atoms with Gasteiger partial charge in [0.05, 0.1) is 12.3 Å². The molecule has 1 N–H and O–H groups in total. The Kier molecular flexibility index (Phi) is 5.33. The minimum absolute atomic E-state index is 0.157. The number of nitrogens with one attached hydrogen (secondary N) is 1. The summed E-state index contributed by atoms with van der Waals surface area (Å²) in [6.07, 6.45) is 4.94. The van der Waals surface area contributed by atoms with Crippen molar-refractivity contribution in [1.82, 2.24) is 19.9 Å². The van der Waals surface area contributed by atoms with Crippen LogP contribution in [0.4, 0.5) is 5.69 Å². The fraction of sp³-hybridized carbons (Fsp3) is 0.0952. The molecule has 9 heteroatoms. The summed E-state index contributed by atoms with van der Waals surface area (Å²) >= 11 is 0. The molecule has 0 fully saturated rings. The summed E-state index contributed by atoms with van der Waals surface area (Å²) in [6, 6.07) is 13.7. The first-order valence-corrected chi connectivity index (χ1v) is 9.16. The van der Waals surface area contributed by atoms with Gasteiger partial charge in [-0.25, -0.2) is 9.48 Å². The van der Waals surface area contributed by atoms with E-state index < -0.39 is 11.9 Å². The molecule has 1 aromatic carbocycles. The minimum atomic E-state index is -0.474. The lowest BCUT2D eigenvalue weighted by atomic mass is 10.2. The van der Waals surface area contributed by atoms with Crippen molar-refractivity contribution in [2.24, 2.45) is 0 Å². The molecule has 0 atom stereocenters. The number of hydrogen-bond acceptors (Lipinski definition) is 7. The molecule has 0 aliphatic rings. The molecule has 0 saturated heterocycles. The van der Waals surface area contributed by atoms with Crippen LogP contribution in [0.1, 0.15) is 27.9 Å². The van der Waals surface area contributed by atoms with Crippen LogP contribution in [-0.4, -0.2) is 38.4 Å². The van der Waals surface area contributed by atoms with Gasteiger partial charge in [0.2, 0.25) is 0 Å². The average Bonchev–Trinajstić information content (AvgIpc) is 3.46. The molecule has 4 rings (SSSR count). The van der Waals surface area contributed by atoms with Gasteiger partial charge >= 0.3 is 5.97 Å². The van der Waals surface area contributed by atoms with Crippen molar-refractivity contribution in [3.8, 4) is 17.0 Å². The van der Waals surface area contributed by atoms with Crippen LogP contribution in [0.5, 0.6) is 0 Å². The van der Waals surface area contributed by atoms with E-state index in [1.807, 2.05) is 6.07 Å². The highest BCUT2D eigenvalue weighted by Crippen LogP contribution is 2.20. The van der Waals surface area contributed by atoms with Crippen LogP contribution < -0.4 is 5.32 Å². The van der Waals surface area contributed by atoms with Crippen LogP contribution in [-0.2, 0) is 4.74 Å². The molecule has 9 nitrogen and oxygen atoms in total. The highest BCUT2D eigenvalue weighted by Gasteiger charge is 2.15. The van der Waals surface area contributed by atoms with E-state index in [2.05, 4.69) is 20.6 Å². The molecular weight excluding hydrogens is 386 g/mol. The molecule has 1 amide bonds. The summed E-state index contributed by atoms with van der Waals surface area (Å²) in [7, 11) is 0. The van der Waals surface area contributed by atoms with Gasteiger partial charge in [-0.3, -0.25) is 9.78 Å². The first kappa shape index (κ1) is 19.1. The van der Waals surface area contributed by atoms with Crippen LogP contribution in [0.25, 0.3) is 17.0 Å². The SMILES string of the molecule is CCOC(=O)c1ccn(-c2ccc(NC(=O)c3cc(-c4cccnc4)on3)cc2)n1. The van der Waals surface area contributed by atoms with E-state index in [9.17, 15) is 9.59 Å². The third kappa shape index (κ3) is 4.09. The van der Waals surface area contributed by atoms with Gasteiger partial charge in [-0.2, -0.15) is 5.10 Å². The Bertz CT molecular complexity index is 1170. The van der Waals surface area contributed by atoms with Gasteiger partial charge in [0.15, 0.2) is 17.1 Å². The first-order valence-electron chi connectivity index (χ1n) is 9.16. The molecule has 0 aliphatic carbocycles. The molecule has 0 spiro atoms. The van der Waals surface area contributed by atoms with E-state index in [-0.39, 0.29) is 18.0 Å². The number of nitrogens with zero attached hydrogens (tertiary/aromatic N) is 4. The number of aromatic nitrogens is 4. The van der Waals surface area contributed by atoms with Gasteiger partial charge in [-0.1, -0.05) is 5.16 Å². The van der Waals surface area contributed by atoms with Gasteiger partial charge in [-0.15, -0.1) is 0 Å². The van der Waals surface area contributed by atoms with Gasteiger partial charge in [0.1, 0.15) is 0 Å². The number of pyridine rings is 1. The van der Waals surface area contributed by atoms with E-state index >= 15 is 0 Å². The van der Waals surface area contributed by atoms with Crippen molar-refractivity contribution in [2.45, 2.75) is 6.92 Å². The second kappa shape index (κ2) is 8.39. The highest BCUT2D eigenvalue weighted by molar-refractivity contribution is 6.03. The molecule has 150 valence electrons. The fourth-order valence-electron chi connectivity index (χ4n) is 2.70. The van der Waals surface area contributed by atoms with Crippen LogP contribution >= 0.6 is 0 Å². The zero-order valence-corrected chi connectivity index (χ0v) is 16.0. The van der Waals surface area contributed by atoms with Gasteiger partial charge in [-0.05, 0) is 49.4 Å². The number of hydrogen-bond donors (Lipinski definition) is 1. The summed E-state index contributed by atoms with van der Waals surface area (Å²) in [4.78, 5) is 28.2. The van der Waals surface area contributed by atoms with Gasteiger partial charge < -0.3 is 14.6 Å². The van der Waals surface area contributed by atoms with Crippen molar-refractivity contribution in [2.75, 3.05) is 11.9 Å². The van der Waals surface area contributed by atoms with Crippen LogP contribution in [0.2, 0.25) is 0 Å². The third-order valence-corrected chi connectivity index (χ3v) is 4.15. The lowest BCUT2D eigenvalue weighted by molar-refractivity contribution is 0.0519. The van der Waals surface area contributed by atoms with Crippen molar-refractivity contribution in [3.63, 3.8) is 0 Å². The molecule has 3 heterocycles. The van der Waals surface area contributed by atoms with Crippen LogP contribution in [0.3, 0.4) is 0 Å². The monoisotopic (exact) mass is 403 g/mol. The normalized spacial score (nSPS) is 10.6. The van der Waals surface area contributed by atoms with E-state index in [4.69, 9.17) is 9.26 Å². The number of anilines is 1. The number of amides is 1. The summed E-state index contributed by atoms with van der Waals surface area (Å²) in [5.41, 5.74) is 2.42. The van der Waals surface area contributed by atoms with E-state index in [1.165, 1.54) is 0 Å². The molecule has 0 radical (unpaired) electrons. The van der Waals surface area contributed by atoms with E-state index in [0.717, 1.165) is 11.3 Å². The third-order valence-electron chi connectivity index (χ3n) is 4.15. The average molecular weight is 403 g/mol. The summed E-state index contributed by atoms with van der Waals surface area (Å²) in [6.45, 7) is 2.02. The summed E-state index contributed by atoms with van der Waals surface area (Å²) in [5, 5.41) is 10.8.